The highest BCUT2D eigenvalue weighted by atomic mass is 16.5. The van der Waals surface area contributed by atoms with Crippen LogP contribution in [0.15, 0.2) is 30.6 Å². The minimum atomic E-state index is 0.0226. The molecular formula is C15H16N2O2. The highest BCUT2D eigenvalue weighted by Gasteiger charge is 2.14. The summed E-state index contributed by atoms with van der Waals surface area (Å²) in [4.78, 5) is 20.4. The van der Waals surface area contributed by atoms with E-state index in [1.807, 2.05) is 19.9 Å². The summed E-state index contributed by atoms with van der Waals surface area (Å²) in [5.41, 5.74) is 2.63. The molecule has 2 rings (SSSR count). The maximum Gasteiger partial charge on any atom is 0.170 e. The summed E-state index contributed by atoms with van der Waals surface area (Å²) >= 11 is 0. The Kier molecular flexibility index (Phi) is 3.90. The van der Waals surface area contributed by atoms with Crippen LogP contribution in [0, 0.1) is 13.8 Å². The third kappa shape index (κ3) is 2.78. The van der Waals surface area contributed by atoms with Crippen molar-refractivity contribution in [2.75, 3.05) is 7.11 Å². The smallest absolute Gasteiger partial charge is 0.170 e. The third-order valence-corrected chi connectivity index (χ3v) is 3.20. The quantitative estimate of drug-likeness (QED) is 0.789. The van der Waals surface area contributed by atoms with E-state index in [1.54, 1.807) is 31.6 Å². The molecule has 0 bridgehead atoms. The van der Waals surface area contributed by atoms with Gasteiger partial charge in [0.1, 0.15) is 11.6 Å². The van der Waals surface area contributed by atoms with Gasteiger partial charge in [0.2, 0.25) is 0 Å². The molecule has 0 aliphatic rings. The van der Waals surface area contributed by atoms with Crippen molar-refractivity contribution in [2.45, 2.75) is 20.3 Å². The number of nitrogens with zero attached hydrogens (tertiary/aromatic N) is 2. The summed E-state index contributed by atoms with van der Waals surface area (Å²) in [7, 11) is 1.63. The lowest BCUT2D eigenvalue weighted by molar-refractivity contribution is 0.0990. The molecule has 19 heavy (non-hydrogen) atoms. The normalized spacial score (nSPS) is 10.3. The number of benzene rings is 1. The average molecular weight is 256 g/mol. The highest BCUT2D eigenvalue weighted by molar-refractivity contribution is 5.98. The van der Waals surface area contributed by atoms with Crippen molar-refractivity contribution in [3.8, 4) is 5.75 Å². The Labute approximate surface area is 112 Å². The Morgan fingerprint density at radius 1 is 1.16 bits per heavy atom. The first-order valence-electron chi connectivity index (χ1n) is 6.06. The minimum absolute atomic E-state index is 0.0226. The number of carbonyl (C=O) groups excluding carboxylic acids is 1. The molecule has 1 aromatic carbocycles. The summed E-state index contributed by atoms with van der Waals surface area (Å²) < 4.78 is 5.24. The average Bonchev–Trinajstić information content (AvgIpc) is 2.42. The van der Waals surface area contributed by atoms with Crippen molar-refractivity contribution in [1.82, 2.24) is 9.97 Å². The van der Waals surface area contributed by atoms with Crippen molar-refractivity contribution >= 4 is 5.78 Å². The predicted octanol–water partition coefficient (Wildman–Crippen LogP) is 2.53. The summed E-state index contributed by atoms with van der Waals surface area (Å²) in [6, 6.07) is 5.35. The molecule has 0 spiro atoms. The van der Waals surface area contributed by atoms with E-state index < -0.39 is 0 Å². The van der Waals surface area contributed by atoms with Crippen molar-refractivity contribution in [2.24, 2.45) is 0 Å². The van der Waals surface area contributed by atoms with Crippen LogP contribution in [-0.4, -0.2) is 22.9 Å². The van der Waals surface area contributed by atoms with Gasteiger partial charge < -0.3 is 4.74 Å². The fourth-order valence-corrected chi connectivity index (χ4v) is 1.98. The fourth-order valence-electron chi connectivity index (χ4n) is 1.98. The first kappa shape index (κ1) is 13.2. The zero-order valence-electron chi connectivity index (χ0n) is 11.3. The second-order valence-electron chi connectivity index (χ2n) is 4.33. The SMILES string of the molecule is COc1ccc(C(=O)Cc2ncccn2)c(C)c1C. The van der Waals surface area contributed by atoms with Crippen LogP contribution in [0.4, 0.5) is 0 Å². The third-order valence-electron chi connectivity index (χ3n) is 3.20. The number of hydrogen-bond donors (Lipinski definition) is 0. The number of aromatic nitrogens is 2. The van der Waals surface area contributed by atoms with Gasteiger partial charge in [-0.3, -0.25) is 4.79 Å². The topological polar surface area (TPSA) is 52.1 Å². The molecule has 1 heterocycles. The predicted molar refractivity (Wildman–Crippen MR) is 72.5 cm³/mol. The molecule has 0 unspecified atom stereocenters. The molecule has 98 valence electrons. The van der Waals surface area contributed by atoms with E-state index in [0.29, 0.717) is 11.4 Å². The lowest BCUT2D eigenvalue weighted by atomic mass is 9.97. The van der Waals surface area contributed by atoms with E-state index in [-0.39, 0.29) is 12.2 Å². The number of ether oxygens (including phenoxy) is 1. The Morgan fingerprint density at radius 2 is 1.84 bits per heavy atom. The highest BCUT2D eigenvalue weighted by Crippen LogP contribution is 2.24. The van der Waals surface area contributed by atoms with Crippen molar-refractivity contribution < 1.29 is 9.53 Å². The zero-order valence-corrected chi connectivity index (χ0v) is 11.3. The van der Waals surface area contributed by atoms with Gasteiger partial charge in [0.25, 0.3) is 0 Å². The Bertz CT molecular complexity index is 595. The maximum absolute atomic E-state index is 12.3. The molecule has 0 saturated heterocycles. The monoisotopic (exact) mass is 256 g/mol. The van der Waals surface area contributed by atoms with E-state index in [4.69, 9.17) is 4.74 Å². The summed E-state index contributed by atoms with van der Waals surface area (Å²) in [5, 5.41) is 0. The van der Waals surface area contributed by atoms with Gasteiger partial charge in [0, 0.05) is 18.0 Å². The number of rotatable bonds is 4. The number of carbonyl (C=O) groups is 1. The fraction of sp³-hybridized carbons (Fsp3) is 0.267. The van der Waals surface area contributed by atoms with Gasteiger partial charge in [-0.25, -0.2) is 9.97 Å². The molecule has 0 aliphatic heterocycles. The van der Waals surface area contributed by atoms with Crippen molar-refractivity contribution in [3.63, 3.8) is 0 Å². The Hall–Kier alpha value is -2.23. The molecule has 1 aromatic heterocycles. The van der Waals surface area contributed by atoms with Crippen LogP contribution in [0.1, 0.15) is 27.3 Å². The van der Waals surface area contributed by atoms with Gasteiger partial charge in [-0.1, -0.05) is 0 Å². The van der Waals surface area contributed by atoms with Crippen LogP contribution in [0.25, 0.3) is 0 Å². The van der Waals surface area contributed by atoms with Crippen LogP contribution < -0.4 is 4.74 Å². The second kappa shape index (κ2) is 5.61. The van der Waals surface area contributed by atoms with Gasteiger partial charge in [0.05, 0.1) is 13.5 Å². The minimum Gasteiger partial charge on any atom is -0.496 e. The van der Waals surface area contributed by atoms with Crippen LogP contribution in [-0.2, 0) is 6.42 Å². The molecule has 0 amide bonds. The lowest BCUT2D eigenvalue weighted by Crippen LogP contribution is -2.09. The number of hydrogen-bond acceptors (Lipinski definition) is 4. The second-order valence-corrected chi connectivity index (χ2v) is 4.33. The Balaban J connectivity index is 2.27. The van der Waals surface area contributed by atoms with Crippen LogP contribution in [0.3, 0.4) is 0 Å². The number of Topliss-reactive ketones (excluding diaryl/α,β-unsaturated/α-hetero) is 1. The zero-order chi connectivity index (χ0) is 13.8. The molecule has 4 nitrogen and oxygen atoms in total. The van der Waals surface area contributed by atoms with Gasteiger partial charge in [-0.15, -0.1) is 0 Å². The molecule has 0 saturated carbocycles. The molecule has 4 heteroatoms. The lowest BCUT2D eigenvalue weighted by Gasteiger charge is -2.11. The van der Waals surface area contributed by atoms with Crippen LogP contribution in [0.5, 0.6) is 5.75 Å². The van der Waals surface area contributed by atoms with Gasteiger partial charge >= 0.3 is 0 Å². The maximum atomic E-state index is 12.3. The largest absolute Gasteiger partial charge is 0.496 e. The molecule has 0 N–H and O–H groups in total. The first-order chi connectivity index (χ1) is 9.13. The van der Waals surface area contributed by atoms with E-state index in [2.05, 4.69) is 9.97 Å². The van der Waals surface area contributed by atoms with E-state index in [0.717, 1.165) is 16.9 Å². The van der Waals surface area contributed by atoms with Crippen molar-refractivity contribution in [3.05, 3.63) is 53.1 Å². The molecule has 0 fully saturated rings. The Morgan fingerprint density at radius 3 is 2.47 bits per heavy atom. The molecular weight excluding hydrogens is 240 g/mol. The van der Waals surface area contributed by atoms with E-state index in [1.165, 1.54) is 0 Å². The van der Waals surface area contributed by atoms with Gasteiger partial charge in [-0.2, -0.15) is 0 Å². The molecule has 2 aromatic rings. The number of methoxy groups -OCH3 is 1. The molecule has 0 aliphatic carbocycles. The molecule has 0 radical (unpaired) electrons. The summed E-state index contributed by atoms with van der Waals surface area (Å²) in [6.45, 7) is 3.88. The first-order valence-corrected chi connectivity index (χ1v) is 6.06. The van der Waals surface area contributed by atoms with Gasteiger partial charge in [0.15, 0.2) is 5.78 Å². The van der Waals surface area contributed by atoms with Crippen LogP contribution in [0.2, 0.25) is 0 Å². The van der Waals surface area contributed by atoms with E-state index >= 15 is 0 Å². The molecule has 0 atom stereocenters. The van der Waals surface area contributed by atoms with Crippen molar-refractivity contribution in [1.29, 1.82) is 0 Å². The summed E-state index contributed by atoms with van der Waals surface area (Å²) in [5.74, 6) is 1.36. The summed E-state index contributed by atoms with van der Waals surface area (Å²) in [6.07, 6.45) is 3.50. The standard InChI is InChI=1S/C15H16N2O2/c1-10-11(2)14(19-3)6-5-12(10)13(18)9-15-16-7-4-8-17-15/h4-8H,9H2,1-3H3. The van der Waals surface area contributed by atoms with Crippen LogP contribution >= 0.6 is 0 Å². The van der Waals surface area contributed by atoms with E-state index in [9.17, 15) is 4.79 Å². The van der Waals surface area contributed by atoms with Gasteiger partial charge in [-0.05, 0) is 43.2 Å². The number of ketones is 1.